The van der Waals surface area contributed by atoms with Gasteiger partial charge in [0.05, 0.1) is 0 Å². The predicted molar refractivity (Wildman–Crippen MR) is 70.9 cm³/mol. The van der Waals surface area contributed by atoms with Gasteiger partial charge in [-0.15, -0.1) is 0 Å². The van der Waals surface area contributed by atoms with E-state index in [9.17, 15) is 9.59 Å². The van der Waals surface area contributed by atoms with Crippen LogP contribution in [0.5, 0.6) is 0 Å². The summed E-state index contributed by atoms with van der Waals surface area (Å²) in [5.41, 5.74) is 9.22. The summed E-state index contributed by atoms with van der Waals surface area (Å²) in [6.07, 6.45) is 0. The Morgan fingerprint density at radius 2 is 1.50 bits per heavy atom. The van der Waals surface area contributed by atoms with Crippen LogP contribution in [-0.2, 0) is 19.6 Å². The molecule has 0 aromatic heterocycles. The lowest BCUT2D eigenvalue weighted by Crippen LogP contribution is -2.57. The van der Waals surface area contributed by atoms with Crippen molar-refractivity contribution in [1.82, 2.24) is 0 Å². The van der Waals surface area contributed by atoms with Crippen molar-refractivity contribution in [3.8, 4) is 0 Å². The molecule has 0 spiro atoms. The van der Waals surface area contributed by atoms with Crippen LogP contribution in [0.3, 0.4) is 0 Å². The number of carbonyl (C=O) groups is 2. The Morgan fingerprint density at radius 3 is 1.83 bits per heavy atom. The van der Waals surface area contributed by atoms with Gasteiger partial charge >= 0.3 is 0 Å². The fourth-order valence-electron chi connectivity index (χ4n) is 1.70. The third kappa shape index (κ3) is 2.77. The van der Waals surface area contributed by atoms with Gasteiger partial charge in [-0.3, -0.25) is 9.59 Å². The smallest absolute Gasteiger partial charge is 0.263 e. The molecule has 1 aromatic rings. The highest BCUT2D eigenvalue weighted by Crippen LogP contribution is 2.29. The normalized spacial score (nSPS) is 12.2. The van der Waals surface area contributed by atoms with E-state index in [2.05, 4.69) is 0 Å². The Hall–Kier alpha value is -1.66. The summed E-state index contributed by atoms with van der Waals surface area (Å²) in [4.78, 5) is 23.5. The van der Waals surface area contributed by atoms with E-state index in [-0.39, 0.29) is 0 Å². The molecule has 6 heteroatoms. The Balaban J connectivity index is 3.41. The molecule has 0 bridgehead atoms. The number of nitrogens with two attached hydrogens (primary N) is 2. The molecule has 0 unspecified atom stereocenters. The summed E-state index contributed by atoms with van der Waals surface area (Å²) in [5.74, 6) is -1.77. The maximum absolute atomic E-state index is 11.8. The second kappa shape index (κ2) is 4.91. The molecule has 2 amide bonds. The van der Waals surface area contributed by atoms with Gasteiger partial charge in [0.15, 0.2) is 8.32 Å². The number of amides is 2. The zero-order valence-electron chi connectivity index (χ0n) is 10.8. The molecule has 0 atom stereocenters. The standard InChI is InChI=1S/C12H18N2O3Si/c1-18(2,3)17-12(10(13)15,11(14)16)9-7-5-4-6-8-9/h4-8H,1-3H3,(H2,13,15)(H2,14,16). The number of primary amides is 2. The molecule has 0 heterocycles. The lowest BCUT2D eigenvalue weighted by Gasteiger charge is -2.34. The minimum Gasteiger partial charge on any atom is -0.393 e. The van der Waals surface area contributed by atoms with Gasteiger partial charge in [-0.1, -0.05) is 30.3 Å². The van der Waals surface area contributed by atoms with Crippen molar-refractivity contribution in [2.24, 2.45) is 11.5 Å². The third-order valence-corrected chi connectivity index (χ3v) is 3.25. The van der Waals surface area contributed by atoms with Crippen molar-refractivity contribution in [2.45, 2.75) is 25.2 Å². The van der Waals surface area contributed by atoms with Crippen LogP contribution in [0.1, 0.15) is 5.56 Å². The number of carbonyl (C=O) groups excluding carboxylic acids is 2. The molecule has 0 radical (unpaired) electrons. The van der Waals surface area contributed by atoms with Crippen LogP contribution in [0.15, 0.2) is 30.3 Å². The first kappa shape index (κ1) is 14.4. The predicted octanol–water partition coefficient (Wildman–Crippen LogP) is 0.704. The number of benzene rings is 1. The molecule has 5 nitrogen and oxygen atoms in total. The first-order valence-electron chi connectivity index (χ1n) is 5.55. The van der Waals surface area contributed by atoms with Crippen molar-refractivity contribution < 1.29 is 14.0 Å². The summed E-state index contributed by atoms with van der Waals surface area (Å²) in [7, 11) is -2.20. The third-order valence-electron chi connectivity index (χ3n) is 2.33. The molecule has 98 valence electrons. The molecule has 0 aliphatic carbocycles. The summed E-state index contributed by atoms with van der Waals surface area (Å²) >= 11 is 0. The Morgan fingerprint density at radius 1 is 1.06 bits per heavy atom. The largest absolute Gasteiger partial charge is 0.393 e. The van der Waals surface area contributed by atoms with Crippen LogP contribution >= 0.6 is 0 Å². The molecule has 1 rings (SSSR count). The average molecular weight is 266 g/mol. The first-order valence-corrected chi connectivity index (χ1v) is 8.96. The highest BCUT2D eigenvalue weighted by Gasteiger charge is 2.48. The number of hydrogen-bond acceptors (Lipinski definition) is 3. The molecular formula is C12H18N2O3Si. The van der Waals surface area contributed by atoms with E-state index in [1.54, 1.807) is 30.3 Å². The zero-order valence-corrected chi connectivity index (χ0v) is 11.8. The quantitative estimate of drug-likeness (QED) is 0.606. The van der Waals surface area contributed by atoms with E-state index in [1.807, 2.05) is 19.6 Å². The van der Waals surface area contributed by atoms with Crippen LogP contribution in [0.4, 0.5) is 0 Å². The van der Waals surface area contributed by atoms with Gasteiger partial charge in [0, 0.05) is 5.56 Å². The van der Waals surface area contributed by atoms with Crippen molar-refractivity contribution in [3.63, 3.8) is 0 Å². The van der Waals surface area contributed by atoms with Crippen LogP contribution in [0.2, 0.25) is 19.6 Å². The molecule has 0 saturated carbocycles. The van der Waals surface area contributed by atoms with Gasteiger partial charge in [0.2, 0.25) is 5.60 Å². The van der Waals surface area contributed by atoms with E-state index in [1.165, 1.54) is 0 Å². The van der Waals surface area contributed by atoms with Gasteiger partial charge in [-0.2, -0.15) is 0 Å². The molecule has 0 saturated heterocycles. The van der Waals surface area contributed by atoms with Gasteiger partial charge in [-0.25, -0.2) is 0 Å². The molecule has 18 heavy (non-hydrogen) atoms. The minimum absolute atomic E-state index is 0.368. The number of rotatable bonds is 5. The van der Waals surface area contributed by atoms with E-state index in [4.69, 9.17) is 15.9 Å². The maximum Gasteiger partial charge on any atom is 0.263 e. The second-order valence-corrected chi connectivity index (χ2v) is 9.42. The molecule has 4 N–H and O–H groups in total. The van der Waals surface area contributed by atoms with E-state index in [0.29, 0.717) is 5.56 Å². The first-order chi connectivity index (χ1) is 8.20. The highest BCUT2D eigenvalue weighted by atomic mass is 28.4. The van der Waals surface area contributed by atoms with E-state index in [0.717, 1.165) is 0 Å². The maximum atomic E-state index is 11.8. The molecule has 1 aromatic carbocycles. The van der Waals surface area contributed by atoms with Crippen molar-refractivity contribution in [2.75, 3.05) is 0 Å². The van der Waals surface area contributed by atoms with Crippen LogP contribution in [-0.4, -0.2) is 20.1 Å². The van der Waals surface area contributed by atoms with Crippen molar-refractivity contribution >= 4 is 20.1 Å². The fourth-order valence-corrected chi connectivity index (χ4v) is 2.94. The Bertz CT molecular complexity index is 440. The van der Waals surface area contributed by atoms with Crippen molar-refractivity contribution in [1.29, 1.82) is 0 Å². The monoisotopic (exact) mass is 266 g/mol. The molecule has 0 fully saturated rings. The minimum atomic E-state index is -2.20. The van der Waals surface area contributed by atoms with E-state index < -0.39 is 25.7 Å². The number of hydrogen-bond donors (Lipinski definition) is 2. The lowest BCUT2D eigenvalue weighted by molar-refractivity contribution is -0.148. The Labute approximate surface area is 107 Å². The summed E-state index contributed by atoms with van der Waals surface area (Å²) in [5, 5.41) is 0. The molecule has 0 aliphatic heterocycles. The average Bonchev–Trinajstić information content (AvgIpc) is 2.25. The second-order valence-electron chi connectivity index (χ2n) is 4.99. The SMILES string of the molecule is C[Si](C)(C)OC(C(N)=O)(C(N)=O)c1ccccc1. The zero-order chi connectivity index (χ0) is 14.0. The van der Waals surface area contributed by atoms with Crippen LogP contribution in [0.25, 0.3) is 0 Å². The highest BCUT2D eigenvalue weighted by molar-refractivity contribution is 6.70. The summed E-state index contributed by atoms with van der Waals surface area (Å²) in [6, 6.07) is 8.38. The van der Waals surface area contributed by atoms with Crippen molar-refractivity contribution in [3.05, 3.63) is 35.9 Å². The van der Waals surface area contributed by atoms with Gasteiger partial charge in [0.1, 0.15) is 0 Å². The molecule has 0 aliphatic rings. The van der Waals surface area contributed by atoms with Gasteiger partial charge in [0.25, 0.3) is 11.8 Å². The fraction of sp³-hybridized carbons (Fsp3) is 0.333. The van der Waals surface area contributed by atoms with Gasteiger partial charge in [-0.05, 0) is 19.6 Å². The summed E-state index contributed by atoms with van der Waals surface area (Å²) < 4.78 is 5.72. The van der Waals surface area contributed by atoms with Gasteiger partial charge < -0.3 is 15.9 Å². The Kier molecular flexibility index (Phi) is 3.93. The molecular weight excluding hydrogens is 248 g/mol. The summed E-state index contributed by atoms with van der Waals surface area (Å²) in [6.45, 7) is 5.57. The van der Waals surface area contributed by atoms with E-state index >= 15 is 0 Å². The topological polar surface area (TPSA) is 95.4 Å². The lowest BCUT2D eigenvalue weighted by atomic mass is 9.92. The van der Waals surface area contributed by atoms with Crippen LogP contribution < -0.4 is 11.5 Å². The van der Waals surface area contributed by atoms with Crippen LogP contribution in [0, 0.1) is 0 Å².